The number of carboxylic acids is 1. The third kappa shape index (κ3) is 10.6. The summed E-state index contributed by atoms with van der Waals surface area (Å²) < 4.78 is 70.5. The van der Waals surface area contributed by atoms with Crippen molar-refractivity contribution in [2.24, 2.45) is 0 Å². The predicted octanol–water partition coefficient (Wildman–Crippen LogP) is 3.75. The number of carboxylic acid groups (broad SMARTS) is 1. The van der Waals surface area contributed by atoms with E-state index in [9.17, 15) is 26.3 Å². The molecule has 34 heavy (non-hydrogen) atoms. The number of aliphatic carboxylic acids is 1. The third-order valence-corrected chi connectivity index (χ3v) is 4.13. The molecule has 0 aliphatic carbocycles. The van der Waals surface area contributed by atoms with Gasteiger partial charge in [0.25, 0.3) is 0 Å². The van der Waals surface area contributed by atoms with Crippen molar-refractivity contribution < 1.29 is 36.2 Å². The van der Waals surface area contributed by atoms with E-state index in [-0.39, 0.29) is 5.82 Å². The van der Waals surface area contributed by atoms with E-state index in [1.54, 1.807) is 12.1 Å². The molecule has 0 atom stereocenters. The van der Waals surface area contributed by atoms with Gasteiger partial charge in [0.05, 0.1) is 11.3 Å². The molecule has 2 N–H and O–H groups in total. The lowest BCUT2D eigenvalue weighted by Gasteiger charge is -2.11. The molecule has 0 fully saturated rings. The highest BCUT2D eigenvalue weighted by Gasteiger charge is 2.38. The van der Waals surface area contributed by atoms with Gasteiger partial charge in [-0.1, -0.05) is 12.1 Å². The number of aryl methyl sites for hydroxylation is 1. The molecule has 0 unspecified atom stereocenters. The van der Waals surface area contributed by atoms with Gasteiger partial charge in [0.1, 0.15) is 6.07 Å². The number of carbonyl (C=O) groups is 1. The molecule has 0 amide bonds. The van der Waals surface area contributed by atoms with E-state index in [1.807, 2.05) is 20.2 Å². The van der Waals surface area contributed by atoms with Gasteiger partial charge in [-0.2, -0.15) is 31.6 Å². The molecule has 7 nitrogen and oxygen atoms in total. The normalized spacial score (nSPS) is 11.5. The Balaban J connectivity index is 0.000000718. The van der Waals surface area contributed by atoms with Gasteiger partial charge in [-0.15, -0.1) is 0 Å². The van der Waals surface area contributed by atoms with Crippen molar-refractivity contribution in [2.45, 2.75) is 25.2 Å². The van der Waals surface area contributed by atoms with Crippen molar-refractivity contribution in [2.75, 3.05) is 33.7 Å². The maximum atomic E-state index is 12.9. The van der Waals surface area contributed by atoms with Gasteiger partial charge < -0.3 is 15.3 Å². The topological polar surface area (TPSA) is 102 Å². The summed E-state index contributed by atoms with van der Waals surface area (Å²) in [5.74, 6) is -2.80. The summed E-state index contributed by atoms with van der Waals surface area (Å²) >= 11 is 0. The van der Waals surface area contributed by atoms with Crippen LogP contribution in [-0.4, -0.2) is 65.8 Å². The van der Waals surface area contributed by atoms with Crippen molar-refractivity contribution in [3.05, 3.63) is 47.4 Å². The standard InChI is InChI=1S/C19H22F3N5.C2HF3O2/c1-27(2)10-9-24-8-4-7-16-12-17(26-18(13-23)25-16)14-5-3-6-15(11-14)19(20,21)22;3-2(4,5)1(6)7/h3,5-6,11-12,24H,4,7-10H2,1-2H3;(H,6,7). The van der Waals surface area contributed by atoms with E-state index in [2.05, 4.69) is 20.2 Å². The maximum absolute atomic E-state index is 12.9. The van der Waals surface area contributed by atoms with Gasteiger partial charge in [0.2, 0.25) is 5.82 Å². The minimum atomic E-state index is -5.08. The van der Waals surface area contributed by atoms with E-state index in [1.165, 1.54) is 6.07 Å². The van der Waals surface area contributed by atoms with E-state index in [4.69, 9.17) is 15.2 Å². The fourth-order valence-corrected chi connectivity index (χ4v) is 2.50. The van der Waals surface area contributed by atoms with Crippen LogP contribution in [0.25, 0.3) is 11.3 Å². The van der Waals surface area contributed by atoms with Crippen LogP contribution in [0.5, 0.6) is 0 Å². The van der Waals surface area contributed by atoms with Crippen LogP contribution in [0.1, 0.15) is 23.5 Å². The molecule has 0 radical (unpaired) electrons. The van der Waals surface area contributed by atoms with Gasteiger partial charge in [-0.05, 0) is 51.7 Å². The van der Waals surface area contributed by atoms with E-state index < -0.39 is 23.9 Å². The van der Waals surface area contributed by atoms with Crippen molar-refractivity contribution in [3.63, 3.8) is 0 Å². The average molecular weight is 491 g/mol. The lowest BCUT2D eigenvalue weighted by atomic mass is 10.1. The first-order valence-corrected chi connectivity index (χ1v) is 9.85. The summed E-state index contributed by atoms with van der Waals surface area (Å²) in [5.41, 5.74) is 0.532. The molecule has 0 saturated carbocycles. The zero-order valence-corrected chi connectivity index (χ0v) is 18.3. The summed E-state index contributed by atoms with van der Waals surface area (Å²) in [6.07, 6.45) is -8.10. The molecule has 186 valence electrons. The molecule has 1 heterocycles. The zero-order valence-electron chi connectivity index (χ0n) is 18.3. The first kappa shape index (κ1) is 28.8. The second-order valence-electron chi connectivity index (χ2n) is 7.22. The number of aromatic nitrogens is 2. The fourth-order valence-electron chi connectivity index (χ4n) is 2.50. The Kier molecular flexibility index (Phi) is 10.9. The highest BCUT2D eigenvalue weighted by molar-refractivity contribution is 5.73. The van der Waals surface area contributed by atoms with Gasteiger partial charge >= 0.3 is 18.3 Å². The molecule has 0 spiro atoms. The number of nitriles is 1. The zero-order chi connectivity index (χ0) is 25.9. The number of halogens is 6. The average Bonchev–Trinajstić information content (AvgIpc) is 2.75. The van der Waals surface area contributed by atoms with Crippen LogP contribution in [0.3, 0.4) is 0 Å². The van der Waals surface area contributed by atoms with Gasteiger partial charge in [-0.25, -0.2) is 14.8 Å². The number of hydrogen-bond acceptors (Lipinski definition) is 6. The van der Waals surface area contributed by atoms with Crippen LogP contribution in [0.2, 0.25) is 0 Å². The number of likely N-dealkylation sites (N-methyl/N-ethyl adjacent to an activating group) is 1. The maximum Gasteiger partial charge on any atom is 0.490 e. The molecule has 2 aromatic rings. The molecule has 1 aromatic heterocycles. The highest BCUT2D eigenvalue weighted by atomic mass is 19.4. The molecule has 0 aliphatic heterocycles. The van der Waals surface area contributed by atoms with Crippen LogP contribution >= 0.6 is 0 Å². The highest BCUT2D eigenvalue weighted by Crippen LogP contribution is 2.31. The molecular weight excluding hydrogens is 468 g/mol. The second kappa shape index (κ2) is 12.9. The minimum absolute atomic E-state index is 0.0412. The fraction of sp³-hybridized carbons (Fsp3) is 0.429. The number of benzene rings is 1. The van der Waals surface area contributed by atoms with Gasteiger partial charge in [-0.3, -0.25) is 0 Å². The Labute approximate surface area is 192 Å². The summed E-state index contributed by atoms with van der Waals surface area (Å²) in [4.78, 5) is 19.2. The summed E-state index contributed by atoms with van der Waals surface area (Å²) in [7, 11) is 4.00. The monoisotopic (exact) mass is 491 g/mol. The smallest absolute Gasteiger partial charge is 0.475 e. The Morgan fingerprint density at radius 3 is 2.29 bits per heavy atom. The molecule has 2 rings (SSSR count). The third-order valence-electron chi connectivity index (χ3n) is 4.13. The number of alkyl halides is 6. The van der Waals surface area contributed by atoms with E-state index in [0.29, 0.717) is 23.4 Å². The molecule has 0 saturated heterocycles. The molecule has 13 heteroatoms. The van der Waals surface area contributed by atoms with Gasteiger partial charge in [0, 0.05) is 24.3 Å². The number of nitrogens with one attached hydrogen (secondary N) is 1. The number of hydrogen-bond donors (Lipinski definition) is 2. The van der Waals surface area contributed by atoms with E-state index >= 15 is 0 Å². The van der Waals surface area contributed by atoms with Crippen LogP contribution in [-0.2, 0) is 17.4 Å². The first-order valence-electron chi connectivity index (χ1n) is 9.85. The molecule has 1 aromatic carbocycles. The van der Waals surface area contributed by atoms with Crippen LogP contribution in [0, 0.1) is 11.3 Å². The lowest BCUT2D eigenvalue weighted by Crippen LogP contribution is -2.27. The van der Waals surface area contributed by atoms with Crippen LogP contribution in [0.4, 0.5) is 26.3 Å². The summed E-state index contributed by atoms with van der Waals surface area (Å²) in [6.45, 7) is 2.60. The SMILES string of the molecule is CN(C)CCNCCCc1cc(-c2cccc(C(F)(F)F)c2)nc(C#N)n1.O=C(O)C(F)(F)F. The molecule has 0 bridgehead atoms. The van der Waals surface area contributed by atoms with Crippen LogP contribution < -0.4 is 5.32 Å². The largest absolute Gasteiger partial charge is 0.490 e. The minimum Gasteiger partial charge on any atom is -0.475 e. The lowest BCUT2D eigenvalue weighted by molar-refractivity contribution is -0.192. The quantitative estimate of drug-likeness (QED) is 0.428. The number of rotatable bonds is 8. The van der Waals surface area contributed by atoms with Crippen molar-refractivity contribution >= 4 is 5.97 Å². The Morgan fingerprint density at radius 1 is 1.12 bits per heavy atom. The Hall–Kier alpha value is -3.24. The van der Waals surface area contributed by atoms with Gasteiger partial charge in [0.15, 0.2) is 0 Å². The predicted molar refractivity (Wildman–Crippen MR) is 111 cm³/mol. The van der Waals surface area contributed by atoms with Crippen molar-refractivity contribution in [3.8, 4) is 17.3 Å². The van der Waals surface area contributed by atoms with E-state index in [0.717, 1.165) is 38.2 Å². The van der Waals surface area contributed by atoms with Crippen LogP contribution in [0.15, 0.2) is 30.3 Å². The molecular formula is C21H23F6N5O2. The first-order chi connectivity index (χ1) is 15.7. The summed E-state index contributed by atoms with van der Waals surface area (Å²) in [6, 6.07) is 8.46. The Bertz CT molecular complexity index is 987. The molecule has 0 aliphatic rings. The Morgan fingerprint density at radius 2 is 1.76 bits per heavy atom. The van der Waals surface area contributed by atoms with Crippen molar-refractivity contribution in [1.29, 1.82) is 5.26 Å². The van der Waals surface area contributed by atoms with Crippen molar-refractivity contribution in [1.82, 2.24) is 20.2 Å². The second-order valence-corrected chi connectivity index (χ2v) is 7.22. The summed E-state index contributed by atoms with van der Waals surface area (Å²) in [5, 5.41) is 19.6. The number of nitrogens with zero attached hydrogens (tertiary/aromatic N) is 4.